The fourth-order valence-electron chi connectivity index (χ4n) is 2.10. The zero-order valence-corrected chi connectivity index (χ0v) is 12.9. The molecule has 3 rings (SSSR count). The fraction of sp³-hybridized carbons (Fsp3) is 0.118. The predicted octanol–water partition coefficient (Wildman–Crippen LogP) is 3.44. The molecular formula is C17H15N3OS. The second-order valence-electron chi connectivity index (χ2n) is 4.95. The summed E-state index contributed by atoms with van der Waals surface area (Å²) in [6.45, 7) is 2.54. The topological polar surface area (TPSA) is 54.9 Å². The SMILES string of the molecule is Cc1cccc(CNC(=O)c2csc(-c3ccncc3)n2)c1. The number of pyridine rings is 1. The third-order valence-electron chi connectivity index (χ3n) is 3.20. The van der Waals surface area contributed by atoms with Crippen molar-refractivity contribution in [1.29, 1.82) is 0 Å². The Kier molecular flexibility index (Phi) is 4.25. The van der Waals surface area contributed by atoms with Crippen molar-refractivity contribution in [1.82, 2.24) is 15.3 Å². The molecule has 0 aliphatic carbocycles. The predicted molar refractivity (Wildman–Crippen MR) is 87.7 cm³/mol. The first-order valence-corrected chi connectivity index (χ1v) is 7.80. The third-order valence-corrected chi connectivity index (χ3v) is 4.09. The van der Waals surface area contributed by atoms with Crippen LogP contribution in [0.25, 0.3) is 10.6 Å². The van der Waals surface area contributed by atoms with Gasteiger partial charge in [0.15, 0.2) is 0 Å². The summed E-state index contributed by atoms with van der Waals surface area (Å²) in [4.78, 5) is 20.5. The Morgan fingerprint density at radius 2 is 2.05 bits per heavy atom. The van der Waals surface area contributed by atoms with Crippen LogP contribution in [0.1, 0.15) is 21.6 Å². The molecule has 0 fully saturated rings. The molecular weight excluding hydrogens is 294 g/mol. The van der Waals surface area contributed by atoms with E-state index in [2.05, 4.69) is 21.4 Å². The zero-order valence-electron chi connectivity index (χ0n) is 12.1. The van der Waals surface area contributed by atoms with Crippen LogP contribution < -0.4 is 5.32 Å². The summed E-state index contributed by atoms with van der Waals surface area (Å²) in [5.74, 6) is -0.155. The zero-order chi connectivity index (χ0) is 15.4. The summed E-state index contributed by atoms with van der Waals surface area (Å²) < 4.78 is 0. The van der Waals surface area contributed by atoms with E-state index in [0.29, 0.717) is 12.2 Å². The standard InChI is InChI=1S/C17H15N3OS/c1-12-3-2-4-13(9-12)10-19-16(21)15-11-22-17(20-15)14-5-7-18-8-6-14/h2-9,11H,10H2,1H3,(H,19,21). The highest BCUT2D eigenvalue weighted by Gasteiger charge is 2.11. The van der Waals surface area contributed by atoms with Gasteiger partial charge in [-0.2, -0.15) is 0 Å². The van der Waals surface area contributed by atoms with Crippen molar-refractivity contribution >= 4 is 17.2 Å². The molecule has 0 unspecified atom stereocenters. The van der Waals surface area contributed by atoms with Crippen LogP contribution >= 0.6 is 11.3 Å². The summed E-state index contributed by atoms with van der Waals surface area (Å²) in [5, 5.41) is 5.50. The second-order valence-corrected chi connectivity index (χ2v) is 5.80. The molecule has 0 bridgehead atoms. The van der Waals surface area contributed by atoms with Crippen LogP contribution in [0, 0.1) is 6.92 Å². The molecule has 22 heavy (non-hydrogen) atoms. The largest absolute Gasteiger partial charge is 0.347 e. The average molecular weight is 309 g/mol. The van der Waals surface area contributed by atoms with Crippen LogP contribution in [0.4, 0.5) is 0 Å². The number of aromatic nitrogens is 2. The van der Waals surface area contributed by atoms with E-state index >= 15 is 0 Å². The van der Waals surface area contributed by atoms with Gasteiger partial charge in [0.2, 0.25) is 0 Å². The van der Waals surface area contributed by atoms with Crippen LogP contribution in [0.15, 0.2) is 54.2 Å². The molecule has 0 aliphatic heterocycles. The Bertz CT molecular complexity index is 783. The minimum atomic E-state index is -0.155. The van der Waals surface area contributed by atoms with Gasteiger partial charge >= 0.3 is 0 Å². The quantitative estimate of drug-likeness (QED) is 0.803. The van der Waals surface area contributed by atoms with E-state index in [-0.39, 0.29) is 5.91 Å². The third kappa shape index (κ3) is 3.38. The van der Waals surface area contributed by atoms with Gasteiger partial charge in [-0.25, -0.2) is 4.98 Å². The van der Waals surface area contributed by atoms with Crippen molar-refractivity contribution in [3.8, 4) is 10.6 Å². The smallest absolute Gasteiger partial charge is 0.271 e. The number of nitrogens with one attached hydrogen (secondary N) is 1. The van der Waals surface area contributed by atoms with Gasteiger partial charge in [0.25, 0.3) is 5.91 Å². The number of hydrogen-bond acceptors (Lipinski definition) is 4. The summed E-state index contributed by atoms with van der Waals surface area (Å²) in [7, 11) is 0. The average Bonchev–Trinajstić information content (AvgIpc) is 3.04. The lowest BCUT2D eigenvalue weighted by molar-refractivity contribution is 0.0946. The normalized spacial score (nSPS) is 10.4. The Hall–Kier alpha value is -2.53. The van der Waals surface area contributed by atoms with Crippen molar-refractivity contribution in [3.63, 3.8) is 0 Å². The molecule has 0 radical (unpaired) electrons. The van der Waals surface area contributed by atoms with E-state index in [4.69, 9.17) is 0 Å². The molecule has 0 spiro atoms. The molecule has 2 heterocycles. The number of amides is 1. The first-order valence-electron chi connectivity index (χ1n) is 6.92. The van der Waals surface area contributed by atoms with Gasteiger partial charge in [-0.3, -0.25) is 9.78 Å². The molecule has 2 aromatic heterocycles. The number of carbonyl (C=O) groups excluding carboxylic acids is 1. The maximum absolute atomic E-state index is 12.2. The van der Waals surface area contributed by atoms with E-state index in [0.717, 1.165) is 16.1 Å². The first-order chi connectivity index (χ1) is 10.7. The molecule has 110 valence electrons. The fourth-order valence-corrected chi connectivity index (χ4v) is 2.91. The number of rotatable bonds is 4. The van der Waals surface area contributed by atoms with Crippen molar-refractivity contribution in [2.24, 2.45) is 0 Å². The molecule has 3 aromatic rings. The molecule has 1 N–H and O–H groups in total. The Morgan fingerprint density at radius 3 is 2.82 bits per heavy atom. The number of thiazole rings is 1. The van der Waals surface area contributed by atoms with Crippen molar-refractivity contribution in [2.45, 2.75) is 13.5 Å². The van der Waals surface area contributed by atoms with Crippen molar-refractivity contribution in [2.75, 3.05) is 0 Å². The van der Waals surface area contributed by atoms with Gasteiger partial charge in [0.1, 0.15) is 10.7 Å². The minimum absolute atomic E-state index is 0.155. The second kappa shape index (κ2) is 6.49. The maximum Gasteiger partial charge on any atom is 0.271 e. The molecule has 0 aliphatic rings. The van der Waals surface area contributed by atoms with Crippen LogP contribution in [-0.2, 0) is 6.54 Å². The van der Waals surface area contributed by atoms with Gasteiger partial charge < -0.3 is 5.32 Å². The Balaban J connectivity index is 1.67. The molecule has 5 heteroatoms. The van der Waals surface area contributed by atoms with Gasteiger partial charge in [0, 0.05) is 29.9 Å². The lowest BCUT2D eigenvalue weighted by Crippen LogP contribution is -2.23. The van der Waals surface area contributed by atoms with E-state index in [1.165, 1.54) is 16.9 Å². The highest BCUT2D eigenvalue weighted by atomic mass is 32.1. The number of benzene rings is 1. The molecule has 4 nitrogen and oxygen atoms in total. The molecule has 0 atom stereocenters. The summed E-state index contributed by atoms with van der Waals surface area (Å²) in [5.41, 5.74) is 3.68. The highest BCUT2D eigenvalue weighted by molar-refractivity contribution is 7.13. The molecule has 1 aromatic carbocycles. The Labute approximate surface area is 132 Å². The van der Waals surface area contributed by atoms with Crippen LogP contribution in [0.3, 0.4) is 0 Å². The minimum Gasteiger partial charge on any atom is -0.347 e. The maximum atomic E-state index is 12.2. The lowest BCUT2D eigenvalue weighted by atomic mass is 10.1. The van der Waals surface area contributed by atoms with E-state index in [1.807, 2.05) is 37.3 Å². The number of carbonyl (C=O) groups is 1. The summed E-state index contributed by atoms with van der Waals surface area (Å²) in [6.07, 6.45) is 3.43. The van der Waals surface area contributed by atoms with Crippen LogP contribution in [0.2, 0.25) is 0 Å². The monoisotopic (exact) mass is 309 g/mol. The van der Waals surface area contributed by atoms with E-state index in [9.17, 15) is 4.79 Å². The van der Waals surface area contributed by atoms with Crippen molar-refractivity contribution in [3.05, 3.63) is 71.0 Å². The first kappa shape index (κ1) is 14.4. The lowest BCUT2D eigenvalue weighted by Gasteiger charge is -2.04. The van der Waals surface area contributed by atoms with E-state index in [1.54, 1.807) is 17.8 Å². The Morgan fingerprint density at radius 1 is 1.23 bits per heavy atom. The molecule has 0 saturated heterocycles. The van der Waals surface area contributed by atoms with Gasteiger partial charge in [-0.1, -0.05) is 29.8 Å². The summed E-state index contributed by atoms with van der Waals surface area (Å²) >= 11 is 1.46. The highest BCUT2D eigenvalue weighted by Crippen LogP contribution is 2.22. The van der Waals surface area contributed by atoms with Crippen LogP contribution in [-0.4, -0.2) is 15.9 Å². The van der Waals surface area contributed by atoms with E-state index < -0.39 is 0 Å². The number of aryl methyl sites for hydroxylation is 1. The number of nitrogens with zero attached hydrogens (tertiary/aromatic N) is 2. The van der Waals surface area contributed by atoms with Crippen molar-refractivity contribution < 1.29 is 4.79 Å². The van der Waals surface area contributed by atoms with Crippen LogP contribution in [0.5, 0.6) is 0 Å². The molecule has 1 amide bonds. The van der Waals surface area contributed by atoms with Gasteiger partial charge in [-0.05, 0) is 24.6 Å². The van der Waals surface area contributed by atoms with Gasteiger partial charge in [0.05, 0.1) is 0 Å². The molecule has 0 saturated carbocycles. The summed E-state index contributed by atoms with van der Waals surface area (Å²) in [6, 6.07) is 11.8. The van der Waals surface area contributed by atoms with Gasteiger partial charge in [-0.15, -0.1) is 11.3 Å². The number of hydrogen-bond donors (Lipinski definition) is 1.